The molecule has 1 saturated heterocycles. The highest BCUT2D eigenvalue weighted by Gasteiger charge is 2.23. The summed E-state index contributed by atoms with van der Waals surface area (Å²) in [6.45, 7) is 7.77. The van der Waals surface area contributed by atoms with Crippen molar-refractivity contribution in [2.45, 2.75) is 64.3 Å². The van der Waals surface area contributed by atoms with Crippen LogP contribution in [0.4, 0.5) is 11.6 Å². The second-order valence-electron chi connectivity index (χ2n) is 8.38. The zero-order valence-electron chi connectivity index (χ0n) is 17.9. The number of aromatic nitrogens is 3. The number of rotatable bonds is 6. The lowest BCUT2D eigenvalue weighted by atomic mass is 9.87. The zero-order valence-corrected chi connectivity index (χ0v) is 17.9. The molecule has 0 unspecified atom stereocenters. The molecule has 7 nitrogen and oxygen atoms in total. The van der Waals surface area contributed by atoms with Crippen molar-refractivity contribution in [1.82, 2.24) is 14.6 Å². The molecule has 0 atom stereocenters. The lowest BCUT2D eigenvalue weighted by molar-refractivity contribution is -0.113. The van der Waals surface area contributed by atoms with Gasteiger partial charge in [-0.15, -0.1) is 0 Å². The molecule has 2 fully saturated rings. The monoisotopic (exact) mass is 408 g/mol. The van der Waals surface area contributed by atoms with E-state index in [1.165, 1.54) is 30.9 Å². The van der Waals surface area contributed by atoms with Gasteiger partial charge >= 0.3 is 0 Å². The number of aryl methyl sites for hydroxylation is 1. The van der Waals surface area contributed by atoms with Crippen molar-refractivity contribution in [3.8, 4) is 0 Å². The van der Waals surface area contributed by atoms with Gasteiger partial charge in [-0.05, 0) is 63.4 Å². The molecular formula is C23H32N6O. The van der Waals surface area contributed by atoms with Gasteiger partial charge in [0.2, 0.25) is 0 Å². The Morgan fingerprint density at radius 2 is 2.03 bits per heavy atom. The Morgan fingerprint density at radius 3 is 2.73 bits per heavy atom. The van der Waals surface area contributed by atoms with Crippen LogP contribution < -0.4 is 10.2 Å². The SMILES string of the molecule is C=CC(=O)N=CC1CCC(Nc2cc(N3CCCCC3)nc3c(CC)cnn23)CC1. The standard InChI is InChI=1S/C23H32N6O/c1-3-18-16-25-29-21(14-20(27-23(18)29)28-12-6-5-7-13-28)26-19-10-8-17(9-11-19)15-24-22(30)4-2/h4,14-17,19,26H,2-3,5-13H2,1H3. The van der Waals surface area contributed by atoms with Crippen LogP contribution in [0, 0.1) is 5.92 Å². The van der Waals surface area contributed by atoms with Crippen LogP contribution in [0.15, 0.2) is 29.9 Å². The molecule has 0 aromatic carbocycles. The molecule has 4 rings (SSSR count). The van der Waals surface area contributed by atoms with Gasteiger partial charge in [-0.3, -0.25) is 4.79 Å². The Kier molecular flexibility index (Phi) is 6.45. The molecule has 160 valence electrons. The number of carbonyl (C=O) groups is 1. The average Bonchev–Trinajstić information content (AvgIpc) is 3.22. The molecule has 1 aliphatic heterocycles. The minimum absolute atomic E-state index is 0.259. The van der Waals surface area contributed by atoms with E-state index in [1.54, 1.807) is 6.21 Å². The molecule has 0 spiro atoms. The van der Waals surface area contributed by atoms with Crippen molar-refractivity contribution in [3.63, 3.8) is 0 Å². The number of nitrogens with one attached hydrogen (secondary N) is 1. The summed E-state index contributed by atoms with van der Waals surface area (Å²) >= 11 is 0. The Morgan fingerprint density at radius 1 is 1.27 bits per heavy atom. The van der Waals surface area contributed by atoms with Gasteiger partial charge in [0.1, 0.15) is 11.6 Å². The number of hydrogen-bond acceptors (Lipinski definition) is 5. The fraction of sp³-hybridized carbons (Fsp3) is 0.565. The first-order valence-electron chi connectivity index (χ1n) is 11.3. The minimum atomic E-state index is -0.259. The summed E-state index contributed by atoms with van der Waals surface area (Å²) in [5.41, 5.74) is 2.15. The smallest absolute Gasteiger partial charge is 0.268 e. The van der Waals surface area contributed by atoms with Gasteiger partial charge in [0.05, 0.1) is 6.20 Å². The number of fused-ring (bicyclic) bond motifs is 1. The zero-order chi connectivity index (χ0) is 20.9. The van der Waals surface area contributed by atoms with Crippen molar-refractivity contribution in [2.24, 2.45) is 10.9 Å². The molecule has 1 saturated carbocycles. The number of piperidine rings is 1. The summed E-state index contributed by atoms with van der Waals surface area (Å²) < 4.78 is 1.96. The van der Waals surface area contributed by atoms with Gasteiger partial charge in [-0.2, -0.15) is 9.61 Å². The van der Waals surface area contributed by atoms with Crippen LogP contribution in [0.2, 0.25) is 0 Å². The average molecular weight is 409 g/mol. The minimum Gasteiger partial charge on any atom is -0.367 e. The third-order valence-corrected chi connectivity index (χ3v) is 6.30. The van der Waals surface area contributed by atoms with Crippen LogP contribution in [0.1, 0.15) is 57.4 Å². The summed E-state index contributed by atoms with van der Waals surface area (Å²) in [7, 11) is 0. The van der Waals surface area contributed by atoms with Crippen LogP contribution in [0.5, 0.6) is 0 Å². The second-order valence-corrected chi connectivity index (χ2v) is 8.38. The number of aliphatic imine (C=N–C) groups is 1. The highest BCUT2D eigenvalue weighted by Crippen LogP contribution is 2.29. The lowest BCUT2D eigenvalue weighted by Gasteiger charge is -2.30. The molecule has 1 N–H and O–H groups in total. The Bertz CT molecular complexity index is 919. The summed E-state index contributed by atoms with van der Waals surface area (Å²) in [6.07, 6.45) is 13.8. The van der Waals surface area contributed by atoms with Gasteiger partial charge in [0.15, 0.2) is 5.65 Å². The molecule has 3 heterocycles. The molecule has 2 aromatic heterocycles. The first kappa shape index (κ1) is 20.6. The Hall–Kier alpha value is -2.70. The van der Waals surface area contributed by atoms with E-state index in [1.807, 2.05) is 10.7 Å². The van der Waals surface area contributed by atoms with E-state index in [9.17, 15) is 4.79 Å². The summed E-state index contributed by atoms with van der Waals surface area (Å²) in [5.74, 6) is 2.19. The first-order chi connectivity index (χ1) is 14.7. The Labute approximate surface area is 178 Å². The summed E-state index contributed by atoms with van der Waals surface area (Å²) in [6, 6.07) is 2.56. The van der Waals surface area contributed by atoms with Gasteiger partial charge in [0, 0.05) is 37.0 Å². The van der Waals surface area contributed by atoms with E-state index >= 15 is 0 Å². The van der Waals surface area contributed by atoms with Gasteiger partial charge in [-0.1, -0.05) is 13.5 Å². The second kappa shape index (κ2) is 9.41. The van der Waals surface area contributed by atoms with Gasteiger partial charge in [0.25, 0.3) is 5.91 Å². The van der Waals surface area contributed by atoms with E-state index < -0.39 is 0 Å². The van der Waals surface area contributed by atoms with E-state index in [-0.39, 0.29) is 5.91 Å². The molecule has 1 aliphatic carbocycles. The topological polar surface area (TPSA) is 74.9 Å². The maximum Gasteiger partial charge on any atom is 0.268 e. The van der Waals surface area contributed by atoms with Crippen molar-refractivity contribution >= 4 is 29.4 Å². The lowest BCUT2D eigenvalue weighted by Crippen LogP contribution is -2.31. The molecule has 2 aliphatic rings. The van der Waals surface area contributed by atoms with Crippen LogP contribution in [0.3, 0.4) is 0 Å². The number of hydrogen-bond donors (Lipinski definition) is 1. The highest BCUT2D eigenvalue weighted by atomic mass is 16.1. The number of anilines is 2. The molecule has 0 radical (unpaired) electrons. The summed E-state index contributed by atoms with van der Waals surface area (Å²) in [5, 5.41) is 8.36. The first-order valence-corrected chi connectivity index (χ1v) is 11.3. The molecule has 2 aromatic rings. The van der Waals surface area contributed by atoms with Crippen molar-refractivity contribution < 1.29 is 4.79 Å². The molecule has 30 heavy (non-hydrogen) atoms. The van der Waals surface area contributed by atoms with E-state index in [2.05, 4.69) is 39.9 Å². The number of carbonyl (C=O) groups excluding carboxylic acids is 1. The maximum absolute atomic E-state index is 11.3. The van der Waals surface area contributed by atoms with E-state index in [0.29, 0.717) is 12.0 Å². The maximum atomic E-state index is 11.3. The van der Waals surface area contributed by atoms with E-state index in [0.717, 1.165) is 62.5 Å². The van der Waals surface area contributed by atoms with E-state index in [4.69, 9.17) is 4.98 Å². The van der Waals surface area contributed by atoms with Crippen molar-refractivity contribution in [3.05, 3.63) is 30.5 Å². The molecule has 0 bridgehead atoms. The highest BCUT2D eigenvalue weighted by molar-refractivity contribution is 5.93. The van der Waals surface area contributed by atoms with Crippen LogP contribution >= 0.6 is 0 Å². The quantitative estimate of drug-likeness (QED) is 0.577. The van der Waals surface area contributed by atoms with Crippen LogP contribution in [0.25, 0.3) is 5.65 Å². The van der Waals surface area contributed by atoms with Gasteiger partial charge < -0.3 is 10.2 Å². The summed E-state index contributed by atoms with van der Waals surface area (Å²) in [4.78, 5) is 22.7. The predicted molar refractivity (Wildman–Crippen MR) is 121 cm³/mol. The normalized spacial score (nSPS) is 22.5. The van der Waals surface area contributed by atoms with Crippen LogP contribution in [-0.2, 0) is 11.2 Å². The van der Waals surface area contributed by atoms with Crippen molar-refractivity contribution in [1.29, 1.82) is 0 Å². The Balaban J connectivity index is 1.51. The third kappa shape index (κ3) is 4.55. The largest absolute Gasteiger partial charge is 0.367 e. The predicted octanol–water partition coefficient (Wildman–Crippen LogP) is 4.04. The van der Waals surface area contributed by atoms with Crippen LogP contribution in [-0.4, -0.2) is 45.9 Å². The van der Waals surface area contributed by atoms with Gasteiger partial charge in [-0.25, -0.2) is 9.98 Å². The van der Waals surface area contributed by atoms with Crippen molar-refractivity contribution in [2.75, 3.05) is 23.3 Å². The fourth-order valence-corrected chi connectivity index (χ4v) is 4.49. The molecule has 7 heteroatoms. The number of amides is 1. The fourth-order valence-electron chi connectivity index (χ4n) is 4.49. The molecular weight excluding hydrogens is 376 g/mol. The number of nitrogens with zero attached hydrogens (tertiary/aromatic N) is 5. The molecule has 1 amide bonds. The third-order valence-electron chi connectivity index (χ3n) is 6.30.